The van der Waals surface area contributed by atoms with E-state index in [4.69, 9.17) is 4.74 Å². The number of ether oxygens (including phenoxy) is 1. The average molecular weight is 423 g/mol. The number of anilines is 1. The van der Waals surface area contributed by atoms with Crippen LogP contribution in [0.1, 0.15) is 24.2 Å². The first kappa shape index (κ1) is 21.9. The SMILES string of the molecule is CSc1cccc(NC(=O)COC(=O)c2cccc(S(=O)(=O)NC(C)C)c2)c1. The first-order valence-corrected chi connectivity index (χ1v) is 11.2. The van der Waals surface area contributed by atoms with Gasteiger partial charge < -0.3 is 10.1 Å². The maximum atomic E-state index is 12.2. The first-order chi connectivity index (χ1) is 13.2. The summed E-state index contributed by atoms with van der Waals surface area (Å²) in [7, 11) is -3.73. The number of nitrogens with one attached hydrogen (secondary N) is 2. The topological polar surface area (TPSA) is 102 Å². The summed E-state index contributed by atoms with van der Waals surface area (Å²) in [5.41, 5.74) is 0.643. The molecule has 7 nitrogen and oxygen atoms in total. The Hall–Kier alpha value is -2.36. The summed E-state index contributed by atoms with van der Waals surface area (Å²) in [6.07, 6.45) is 1.92. The Labute approximate surface area is 168 Å². The van der Waals surface area contributed by atoms with Crippen LogP contribution in [0, 0.1) is 0 Å². The maximum absolute atomic E-state index is 12.2. The van der Waals surface area contributed by atoms with Gasteiger partial charge in [-0.15, -0.1) is 11.8 Å². The van der Waals surface area contributed by atoms with Crippen LogP contribution >= 0.6 is 11.8 Å². The van der Waals surface area contributed by atoms with E-state index in [1.54, 1.807) is 37.7 Å². The van der Waals surface area contributed by atoms with Gasteiger partial charge in [0.1, 0.15) is 0 Å². The Bertz CT molecular complexity index is 958. The normalized spacial score (nSPS) is 11.3. The van der Waals surface area contributed by atoms with E-state index in [1.165, 1.54) is 24.3 Å². The Morgan fingerprint density at radius 3 is 2.50 bits per heavy atom. The number of hydrogen-bond donors (Lipinski definition) is 2. The monoisotopic (exact) mass is 422 g/mol. The van der Waals surface area contributed by atoms with Gasteiger partial charge >= 0.3 is 5.97 Å². The fourth-order valence-electron chi connectivity index (χ4n) is 2.28. The third kappa shape index (κ3) is 6.36. The van der Waals surface area contributed by atoms with Crippen LogP contribution < -0.4 is 10.0 Å². The number of sulfonamides is 1. The maximum Gasteiger partial charge on any atom is 0.338 e. The molecule has 0 spiro atoms. The molecule has 0 bridgehead atoms. The van der Waals surface area contributed by atoms with E-state index in [1.807, 2.05) is 18.4 Å². The Morgan fingerprint density at radius 2 is 1.82 bits per heavy atom. The zero-order chi connectivity index (χ0) is 20.7. The van der Waals surface area contributed by atoms with Gasteiger partial charge in [-0.05, 0) is 56.5 Å². The van der Waals surface area contributed by atoms with Gasteiger partial charge in [0.05, 0.1) is 10.5 Å². The number of hydrogen-bond acceptors (Lipinski definition) is 6. The predicted octanol–water partition coefficient (Wildman–Crippen LogP) is 2.89. The number of benzene rings is 2. The van der Waals surface area contributed by atoms with Crippen LogP contribution in [0.25, 0.3) is 0 Å². The highest BCUT2D eigenvalue weighted by Crippen LogP contribution is 2.19. The third-order valence-electron chi connectivity index (χ3n) is 3.46. The van der Waals surface area contributed by atoms with E-state index in [2.05, 4.69) is 10.0 Å². The highest BCUT2D eigenvalue weighted by molar-refractivity contribution is 7.98. The minimum atomic E-state index is -3.73. The molecule has 0 saturated carbocycles. The second-order valence-electron chi connectivity index (χ2n) is 6.16. The van der Waals surface area contributed by atoms with Gasteiger partial charge in [-0.2, -0.15) is 0 Å². The number of thioether (sulfide) groups is 1. The second-order valence-corrected chi connectivity index (χ2v) is 8.75. The summed E-state index contributed by atoms with van der Waals surface area (Å²) in [6.45, 7) is 2.91. The molecule has 0 radical (unpaired) electrons. The average Bonchev–Trinajstić information content (AvgIpc) is 2.65. The molecule has 0 unspecified atom stereocenters. The van der Waals surface area contributed by atoms with E-state index < -0.39 is 28.5 Å². The zero-order valence-electron chi connectivity index (χ0n) is 15.8. The molecule has 2 rings (SSSR count). The van der Waals surface area contributed by atoms with Crippen molar-refractivity contribution >= 4 is 39.3 Å². The summed E-state index contributed by atoms with van der Waals surface area (Å²) < 4.78 is 31.9. The van der Waals surface area contributed by atoms with Crippen molar-refractivity contribution in [1.82, 2.24) is 4.72 Å². The van der Waals surface area contributed by atoms with Crippen molar-refractivity contribution in [3.63, 3.8) is 0 Å². The van der Waals surface area contributed by atoms with Crippen molar-refractivity contribution in [1.29, 1.82) is 0 Å². The first-order valence-electron chi connectivity index (χ1n) is 8.44. The zero-order valence-corrected chi connectivity index (χ0v) is 17.4. The fraction of sp³-hybridized carbons (Fsp3) is 0.263. The molecular weight excluding hydrogens is 400 g/mol. The lowest BCUT2D eigenvalue weighted by atomic mass is 10.2. The van der Waals surface area contributed by atoms with E-state index in [0.717, 1.165) is 4.90 Å². The molecule has 0 fully saturated rings. The van der Waals surface area contributed by atoms with Gasteiger partial charge in [0.25, 0.3) is 5.91 Å². The van der Waals surface area contributed by atoms with Gasteiger partial charge in [0.2, 0.25) is 10.0 Å². The van der Waals surface area contributed by atoms with E-state index >= 15 is 0 Å². The summed E-state index contributed by atoms with van der Waals surface area (Å²) in [6, 6.07) is 12.4. The summed E-state index contributed by atoms with van der Waals surface area (Å²) in [5, 5.41) is 2.65. The van der Waals surface area contributed by atoms with Crippen molar-refractivity contribution < 1.29 is 22.7 Å². The van der Waals surface area contributed by atoms with Crippen molar-refractivity contribution in [2.75, 3.05) is 18.2 Å². The molecule has 2 aromatic carbocycles. The molecule has 9 heteroatoms. The van der Waals surface area contributed by atoms with E-state index in [-0.39, 0.29) is 16.5 Å². The molecule has 0 saturated heterocycles. The Morgan fingerprint density at radius 1 is 1.11 bits per heavy atom. The van der Waals surface area contributed by atoms with Crippen LogP contribution in [0.3, 0.4) is 0 Å². The minimum absolute atomic E-state index is 0.0452. The molecule has 1 amide bonds. The smallest absolute Gasteiger partial charge is 0.338 e. The van der Waals surface area contributed by atoms with Crippen molar-refractivity contribution in [3.8, 4) is 0 Å². The lowest BCUT2D eigenvalue weighted by molar-refractivity contribution is -0.119. The van der Waals surface area contributed by atoms with Gasteiger partial charge in [-0.25, -0.2) is 17.9 Å². The number of carbonyl (C=O) groups is 2. The molecule has 0 aliphatic carbocycles. The molecule has 28 heavy (non-hydrogen) atoms. The molecule has 0 aromatic heterocycles. The van der Waals surface area contributed by atoms with Gasteiger partial charge in [-0.3, -0.25) is 4.79 Å². The van der Waals surface area contributed by atoms with Crippen LogP contribution in [0.5, 0.6) is 0 Å². The number of rotatable bonds is 8. The molecule has 0 heterocycles. The lowest BCUT2D eigenvalue weighted by Gasteiger charge is -2.11. The molecule has 150 valence electrons. The van der Waals surface area contributed by atoms with E-state index in [9.17, 15) is 18.0 Å². The molecular formula is C19H22N2O5S2. The molecule has 0 aliphatic rings. The summed E-state index contributed by atoms with van der Waals surface area (Å²) in [5.74, 6) is -1.27. The quantitative estimate of drug-likeness (QED) is 0.501. The Balaban J connectivity index is 1.99. The molecule has 2 aromatic rings. The number of amides is 1. The van der Waals surface area contributed by atoms with Crippen LogP contribution in [0.4, 0.5) is 5.69 Å². The summed E-state index contributed by atoms with van der Waals surface area (Å²) in [4.78, 5) is 25.1. The van der Waals surface area contributed by atoms with Gasteiger partial charge in [0.15, 0.2) is 6.61 Å². The Kier molecular flexibility index (Phi) is 7.61. The minimum Gasteiger partial charge on any atom is -0.452 e. The molecule has 2 N–H and O–H groups in total. The fourth-order valence-corrected chi connectivity index (χ4v) is 4.04. The van der Waals surface area contributed by atoms with Crippen LogP contribution in [0.2, 0.25) is 0 Å². The standard InChI is InChI=1S/C19H22N2O5S2/c1-13(2)21-28(24,25)17-9-4-6-14(10-17)19(23)26-12-18(22)20-15-7-5-8-16(11-15)27-3/h4-11,13,21H,12H2,1-3H3,(H,20,22). The van der Waals surface area contributed by atoms with Crippen molar-refractivity contribution in [2.24, 2.45) is 0 Å². The van der Waals surface area contributed by atoms with Crippen LogP contribution in [0.15, 0.2) is 58.3 Å². The molecule has 0 atom stereocenters. The third-order valence-corrected chi connectivity index (χ3v) is 5.84. The van der Waals surface area contributed by atoms with Gasteiger partial charge in [-0.1, -0.05) is 12.1 Å². The number of esters is 1. The number of carbonyl (C=O) groups excluding carboxylic acids is 2. The van der Waals surface area contributed by atoms with Crippen molar-refractivity contribution in [3.05, 3.63) is 54.1 Å². The second kappa shape index (κ2) is 9.72. The van der Waals surface area contributed by atoms with Gasteiger partial charge in [0, 0.05) is 16.6 Å². The van der Waals surface area contributed by atoms with Crippen LogP contribution in [-0.4, -0.2) is 39.2 Å². The van der Waals surface area contributed by atoms with Crippen molar-refractivity contribution in [2.45, 2.75) is 29.7 Å². The van der Waals surface area contributed by atoms with Crippen LogP contribution in [-0.2, 0) is 19.6 Å². The summed E-state index contributed by atoms with van der Waals surface area (Å²) >= 11 is 1.54. The van der Waals surface area contributed by atoms with E-state index in [0.29, 0.717) is 5.69 Å². The largest absolute Gasteiger partial charge is 0.452 e. The lowest BCUT2D eigenvalue weighted by Crippen LogP contribution is -2.30. The highest BCUT2D eigenvalue weighted by Gasteiger charge is 2.18. The highest BCUT2D eigenvalue weighted by atomic mass is 32.2. The molecule has 0 aliphatic heterocycles. The predicted molar refractivity (Wildman–Crippen MR) is 109 cm³/mol.